The molecular formula is C15H16N2. The van der Waals surface area contributed by atoms with Crippen LogP contribution in [0.15, 0.2) is 36.5 Å². The molecule has 17 heavy (non-hydrogen) atoms. The van der Waals surface area contributed by atoms with E-state index in [1.54, 1.807) is 0 Å². The van der Waals surface area contributed by atoms with Gasteiger partial charge >= 0.3 is 0 Å². The third-order valence-electron chi connectivity index (χ3n) is 4.21. The van der Waals surface area contributed by atoms with Crippen molar-refractivity contribution in [2.75, 3.05) is 13.6 Å². The normalized spacial score (nSPS) is 23.6. The monoisotopic (exact) mass is 224 g/mol. The number of benzene rings is 1. The van der Waals surface area contributed by atoms with Crippen LogP contribution in [0.1, 0.15) is 12.0 Å². The lowest BCUT2D eigenvalue weighted by atomic mass is 9.89. The summed E-state index contributed by atoms with van der Waals surface area (Å²) in [4.78, 5) is 2.48. The van der Waals surface area contributed by atoms with Crippen molar-refractivity contribution >= 4 is 16.5 Å². The van der Waals surface area contributed by atoms with Crippen molar-refractivity contribution in [2.24, 2.45) is 0 Å². The fraction of sp³-hybridized carbons (Fsp3) is 0.333. The SMILES string of the molecule is CN1CCC=C2c3cccc4ccn(c34)CC21. The highest BCUT2D eigenvalue weighted by Gasteiger charge is 2.29. The van der Waals surface area contributed by atoms with Gasteiger partial charge in [-0.15, -0.1) is 0 Å². The molecule has 0 spiro atoms. The molecule has 1 atom stereocenters. The lowest BCUT2D eigenvalue weighted by molar-refractivity contribution is 0.260. The van der Waals surface area contributed by atoms with Gasteiger partial charge in [0.2, 0.25) is 0 Å². The van der Waals surface area contributed by atoms with Gasteiger partial charge in [0.05, 0.1) is 11.6 Å². The zero-order chi connectivity index (χ0) is 11.4. The molecule has 0 aliphatic carbocycles. The first kappa shape index (κ1) is 9.49. The molecule has 0 N–H and O–H groups in total. The maximum Gasteiger partial charge on any atom is 0.0557 e. The quantitative estimate of drug-likeness (QED) is 0.668. The first-order valence-electron chi connectivity index (χ1n) is 6.33. The summed E-state index contributed by atoms with van der Waals surface area (Å²) < 4.78 is 2.41. The molecule has 2 nitrogen and oxygen atoms in total. The van der Waals surface area contributed by atoms with Crippen LogP contribution in [-0.4, -0.2) is 29.1 Å². The minimum Gasteiger partial charge on any atom is -0.345 e. The molecular weight excluding hydrogens is 208 g/mol. The summed E-state index contributed by atoms with van der Waals surface area (Å²) >= 11 is 0. The molecule has 3 heterocycles. The molecule has 86 valence electrons. The number of rotatable bonds is 0. The molecule has 4 rings (SSSR count). The molecule has 0 saturated carbocycles. The first-order chi connectivity index (χ1) is 8.34. The van der Waals surface area contributed by atoms with Crippen LogP contribution < -0.4 is 0 Å². The summed E-state index contributed by atoms with van der Waals surface area (Å²) in [7, 11) is 2.24. The Morgan fingerprint density at radius 2 is 2.18 bits per heavy atom. The van der Waals surface area contributed by atoms with Crippen LogP contribution in [0, 0.1) is 0 Å². The highest BCUT2D eigenvalue weighted by atomic mass is 15.2. The lowest BCUT2D eigenvalue weighted by Gasteiger charge is -2.37. The van der Waals surface area contributed by atoms with Crippen LogP contribution in [0.4, 0.5) is 0 Å². The third-order valence-corrected chi connectivity index (χ3v) is 4.21. The molecule has 0 amide bonds. The summed E-state index contributed by atoms with van der Waals surface area (Å²) in [6.07, 6.45) is 5.85. The topological polar surface area (TPSA) is 8.17 Å². The minimum absolute atomic E-state index is 0.564. The van der Waals surface area contributed by atoms with Gasteiger partial charge in [0.1, 0.15) is 0 Å². The van der Waals surface area contributed by atoms with Gasteiger partial charge in [-0.1, -0.05) is 24.3 Å². The van der Waals surface area contributed by atoms with Gasteiger partial charge in [-0.05, 0) is 25.1 Å². The molecule has 2 heteroatoms. The van der Waals surface area contributed by atoms with Crippen LogP contribution in [-0.2, 0) is 6.54 Å². The van der Waals surface area contributed by atoms with Crippen molar-refractivity contribution in [1.82, 2.24) is 9.47 Å². The number of hydrogen-bond acceptors (Lipinski definition) is 1. The van der Waals surface area contributed by atoms with Crippen molar-refractivity contribution in [2.45, 2.75) is 19.0 Å². The Kier molecular flexibility index (Phi) is 1.80. The molecule has 2 aliphatic rings. The largest absolute Gasteiger partial charge is 0.345 e. The second-order valence-corrected chi connectivity index (χ2v) is 5.16. The predicted octanol–water partition coefficient (Wildman–Crippen LogP) is 2.74. The number of likely N-dealkylation sites (N-methyl/N-ethyl adjacent to an activating group) is 1. The second kappa shape index (κ2) is 3.23. The van der Waals surface area contributed by atoms with Gasteiger partial charge in [-0.2, -0.15) is 0 Å². The zero-order valence-corrected chi connectivity index (χ0v) is 10.1. The maximum absolute atomic E-state index is 2.48. The Morgan fingerprint density at radius 1 is 1.24 bits per heavy atom. The van der Waals surface area contributed by atoms with Gasteiger partial charge in [0, 0.05) is 30.2 Å². The van der Waals surface area contributed by atoms with Crippen molar-refractivity contribution in [3.8, 4) is 0 Å². The van der Waals surface area contributed by atoms with Gasteiger partial charge in [-0.3, -0.25) is 4.90 Å². The summed E-state index contributed by atoms with van der Waals surface area (Å²) in [5.74, 6) is 0. The lowest BCUT2D eigenvalue weighted by Crippen LogP contribution is -2.41. The van der Waals surface area contributed by atoms with Crippen LogP contribution in [0.2, 0.25) is 0 Å². The summed E-state index contributed by atoms with van der Waals surface area (Å²) in [6, 6.07) is 9.46. The maximum atomic E-state index is 2.48. The fourth-order valence-corrected chi connectivity index (χ4v) is 3.31. The highest BCUT2D eigenvalue weighted by molar-refractivity contribution is 5.94. The minimum atomic E-state index is 0.564. The van der Waals surface area contributed by atoms with Crippen LogP contribution >= 0.6 is 0 Å². The number of para-hydroxylation sites is 1. The van der Waals surface area contributed by atoms with Crippen molar-refractivity contribution in [1.29, 1.82) is 0 Å². The zero-order valence-electron chi connectivity index (χ0n) is 10.1. The van der Waals surface area contributed by atoms with E-state index >= 15 is 0 Å². The Hall–Kier alpha value is -1.54. The smallest absolute Gasteiger partial charge is 0.0557 e. The van der Waals surface area contributed by atoms with E-state index in [0.29, 0.717) is 6.04 Å². The molecule has 1 unspecified atom stereocenters. The van der Waals surface area contributed by atoms with Gasteiger partial charge in [-0.25, -0.2) is 0 Å². The Morgan fingerprint density at radius 3 is 3.12 bits per heavy atom. The molecule has 0 bridgehead atoms. The molecule has 1 aromatic carbocycles. The summed E-state index contributed by atoms with van der Waals surface area (Å²) in [5, 5.41) is 1.37. The van der Waals surface area contributed by atoms with E-state index in [4.69, 9.17) is 0 Å². The predicted molar refractivity (Wildman–Crippen MR) is 71.0 cm³/mol. The van der Waals surface area contributed by atoms with E-state index in [9.17, 15) is 0 Å². The number of aromatic nitrogens is 1. The first-order valence-corrected chi connectivity index (χ1v) is 6.33. The highest BCUT2D eigenvalue weighted by Crippen LogP contribution is 2.37. The Labute approximate surface area is 101 Å². The van der Waals surface area contributed by atoms with E-state index < -0.39 is 0 Å². The number of nitrogens with zero attached hydrogens (tertiary/aromatic N) is 2. The molecule has 0 radical (unpaired) electrons. The number of fused-ring (bicyclic) bond motifs is 2. The van der Waals surface area contributed by atoms with Crippen molar-refractivity contribution in [3.63, 3.8) is 0 Å². The average molecular weight is 224 g/mol. The van der Waals surface area contributed by atoms with Gasteiger partial charge in [0.25, 0.3) is 0 Å². The van der Waals surface area contributed by atoms with E-state index in [-0.39, 0.29) is 0 Å². The summed E-state index contributed by atoms with van der Waals surface area (Å²) in [6.45, 7) is 2.28. The average Bonchev–Trinajstić information content (AvgIpc) is 2.76. The molecule has 0 fully saturated rings. The second-order valence-electron chi connectivity index (χ2n) is 5.16. The molecule has 2 aliphatic heterocycles. The van der Waals surface area contributed by atoms with Crippen LogP contribution in [0.5, 0.6) is 0 Å². The van der Waals surface area contributed by atoms with Gasteiger partial charge < -0.3 is 4.57 Å². The Balaban J connectivity index is 2.04. The van der Waals surface area contributed by atoms with Gasteiger partial charge in [0.15, 0.2) is 0 Å². The van der Waals surface area contributed by atoms with E-state index in [2.05, 4.69) is 53.1 Å². The van der Waals surface area contributed by atoms with Crippen LogP contribution in [0.25, 0.3) is 16.5 Å². The van der Waals surface area contributed by atoms with E-state index in [1.807, 2.05) is 0 Å². The molecule has 2 aromatic rings. The fourth-order valence-electron chi connectivity index (χ4n) is 3.31. The van der Waals surface area contributed by atoms with Crippen LogP contribution in [0.3, 0.4) is 0 Å². The van der Waals surface area contributed by atoms with Crippen molar-refractivity contribution in [3.05, 3.63) is 42.1 Å². The third kappa shape index (κ3) is 1.19. The molecule has 0 saturated heterocycles. The van der Waals surface area contributed by atoms with E-state index in [0.717, 1.165) is 6.54 Å². The molecule has 1 aromatic heterocycles. The standard InChI is InChI=1S/C15H16N2/c1-16-8-3-6-12-13-5-2-4-11-7-9-17(15(11)13)10-14(12)16/h2,4-7,9,14H,3,8,10H2,1H3. The van der Waals surface area contributed by atoms with E-state index in [1.165, 1.54) is 35.0 Å². The summed E-state index contributed by atoms with van der Waals surface area (Å²) in [5.41, 5.74) is 4.40. The van der Waals surface area contributed by atoms with Crippen molar-refractivity contribution < 1.29 is 0 Å². The number of hydrogen-bond donors (Lipinski definition) is 0. The Bertz CT molecular complexity index is 621.